The Labute approximate surface area is 189 Å². The zero-order valence-electron chi connectivity index (χ0n) is 19.3. The average molecular weight is 440 g/mol. The van der Waals surface area contributed by atoms with E-state index in [-0.39, 0.29) is 5.91 Å². The lowest BCUT2D eigenvalue weighted by molar-refractivity contribution is 0.0599. The summed E-state index contributed by atoms with van der Waals surface area (Å²) in [6.07, 6.45) is 3.99. The maximum Gasteiger partial charge on any atom is 0.339 e. The summed E-state index contributed by atoms with van der Waals surface area (Å²) in [5.41, 5.74) is 2.33. The van der Waals surface area contributed by atoms with Gasteiger partial charge < -0.3 is 19.5 Å². The van der Waals surface area contributed by atoms with Crippen LogP contribution in [0.15, 0.2) is 24.4 Å². The van der Waals surface area contributed by atoms with Crippen LogP contribution in [0.5, 0.6) is 0 Å². The summed E-state index contributed by atoms with van der Waals surface area (Å²) in [5, 5.41) is 0. The number of ether oxygens (including phenoxy) is 1. The van der Waals surface area contributed by atoms with Crippen molar-refractivity contribution in [3.05, 3.63) is 46.9 Å². The van der Waals surface area contributed by atoms with E-state index in [1.807, 2.05) is 30.2 Å². The summed E-state index contributed by atoms with van der Waals surface area (Å²) >= 11 is 0. The molecule has 4 heterocycles. The average Bonchev–Trinajstić information content (AvgIpc) is 3.13. The molecule has 2 aliphatic heterocycles. The van der Waals surface area contributed by atoms with Crippen LogP contribution in [0.4, 0.5) is 5.82 Å². The van der Waals surface area contributed by atoms with Crippen LogP contribution in [0.1, 0.15) is 44.9 Å². The lowest BCUT2D eigenvalue weighted by Crippen LogP contribution is -2.50. The van der Waals surface area contributed by atoms with Gasteiger partial charge in [0.05, 0.1) is 12.7 Å². The number of aryl methyl sites for hydroxylation is 1. The number of nitrogens with zero attached hydrogens (tertiary/aromatic N) is 4. The number of piperidine rings is 1. The first kappa shape index (κ1) is 22.3. The molecular formula is C24H33N5O3. The molecule has 2 fully saturated rings. The molecular weight excluding hydrogens is 406 g/mol. The number of carbonyl (C=O) groups excluding carboxylic acids is 2. The van der Waals surface area contributed by atoms with E-state index in [0.717, 1.165) is 64.5 Å². The number of likely N-dealkylation sites (tertiary alicyclic amines) is 1. The van der Waals surface area contributed by atoms with E-state index in [1.165, 1.54) is 7.11 Å². The van der Waals surface area contributed by atoms with Gasteiger partial charge in [-0.3, -0.25) is 9.69 Å². The molecule has 1 amide bonds. The predicted molar refractivity (Wildman–Crippen MR) is 123 cm³/mol. The monoisotopic (exact) mass is 439 g/mol. The van der Waals surface area contributed by atoms with E-state index in [4.69, 9.17) is 4.74 Å². The van der Waals surface area contributed by atoms with Gasteiger partial charge in [-0.1, -0.05) is 6.07 Å². The number of pyridine rings is 1. The number of amides is 1. The Morgan fingerprint density at radius 1 is 1.16 bits per heavy atom. The molecule has 32 heavy (non-hydrogen) atoms. The summed E-state index contributed by atoms with van der Waals surface area (Å²) in [6.45, 7) is 10.1. The molecule has 0 radical (unpaired) electrons. The second-order valence-electron chi connectivity index (χ2n) is 8.85. The minimum absolute atomic E-state index is 0.0228. The van der Waals surface area contributed by atoms with Crippen molar-refractivity contribution in [3.63, 3.8) is 0 Å². The fourth-order valence-corrected chi connectivity index (χ4v) is 4.99. The Bertz CT molecular complexity index is 950. The van der Waals surface area contributed by atoms with Gasteiger partial charge in [-0.15, -0.1) is 0 Å². The molecule has 2 aromatic heterocycles. The van der Waals surface area contributed by atoms with Gasteiger partial charge in [0, 0.05) is 57.7 Å². The van der Waals surface area contributed by atoms with E-state index in [0.29, 0.717) is 28.4 Å². The summed E-state index contributed by atoms with van der Waals surface area (Å²) in [4.78, 5) is 39.7. The summed E-state index contributed by atoms with van der Waals surface area (Å²) < 4.78 is 4.88. The van der Waals surface area contributed by atoms with Crippen LogP contribution < -0.4 is 4.90 Å². The summed E-state index contributed by atoms with van der Waals surface area (Å²) in [5.74, 6) is 1.08. The smallest absolute Gasteiger partial charge is 0.339 e. The summed E-state index contributed by atoms with van der Waals surface area (Å²) in [6, 6.07) is 6.04. The molecule has 172 valence electrons. The SMILES string of the molecule is COC(=O)c1c(C)[nH]c(C(=O)N2CCCC(CN3CCN(c4ccccn4)CC3)C2)c1C. The number of hydrogen-bond donors (Lipinski definition) is 1. The number of anilines is 1. The Morgan fingerprint density at radius 2 is 1.94 bits per heavy atom. The normalized spacial score (nSPS) is 19.8. The molecule has 0 aliphatic carbocycles. The third-order valence-corrected chi connectivity index (χ3v) is 6.71. The molecule has 1 atom stereocenters. The maximum atomic E-state index is 13.3. The second-order valence-corrected chi connectivity index (χ2v) is 8.85. The largest absolute Gasteiger partial charge is 0.465 e. The van der Waals surface area contributed by atoms with Gasteiger partial charge in [0.25, 0.3) is 5.91 Å². The van der Waals surface area contributed by atoms with Crippen molar-refractivity contribution in [2.75, 3.05) is 57.8 Å². The molecule has 8 heteroatoms. The highest BCUT2D eigenvalue weighted by Crippen LogP contribution is 2.24. The zero-order valence-corrected chi connectivity index (χ0v) is 19.3. The quantitative estimate of drug-likeness (QED) is 0.721. The number of hydrogen-bond acceptors (Lipinski definition) is 6. The van der Waals surface area contributed by atoms with Crippen LogP contribution in [0.2, 0.25) is 0 Å². The van der Waals surface area contributed by atoms with Crippen LogP contribution in [0.25, 0.3) is 0 Å². The van der Waals surface area contributed by atoms with Crippen LogP contribution >= 0.6 is 0 Å². The van der Waals surface area contributed by atoms with E-state index >= 15 is 0 Å². The third kappa shape index (κ3) is 4.65. The van der Waals surface area contributed by atoms with Gasteiger partial charge in [0.15, 0.2) is 0 Å². The minimum atomic E-state index is -0.406. The van der Waals surface area contributed by atoms with Gasteiger partial charge in [-0.25, -0.2) is 9.78 Å². The van der Waals surface area contributed by atoms with Gasteiger partial charge in [0.1, 0.15) is 11.5 Å². The second kappa shape index (κ2) is 9.73. The molecule has 2 saturated heterocycles. The standard InChI is InChI=1S/C24H33N5O3/c1-17-21(24(31)32-3)18(2)26-22(17)23(30)29-10-6-7-19(16-29)15-27-11-13-28(14-12-27)20-8-4-5-9-25-20/h4-5,8-9,19,26H,6-7,10-16H2,1-3H3. The number of nitrogens with one attached hydrogen (secondary N) is 1. The number of carbonyl (C=O) groups is 2. The zero-order chi connectivity index (χ0) is 22.7. The van der Waals surface area contributed by atoms with Gasteiger partial charge in [-0.2, -0.15) is 0 Å². The van der Waals surface area contributed by atoms with Crippen molar-refractivity contribution in [1.29, 1.82) is 0 Å². The van der Waals surface area contributed by atoms with Crippen molar-refractivity contribution >= 4 is 17.7 Å². The highest BCUT2D eigenvalue weighted by Gasteiger charge is 2.30. The fraction of sp³-hybridized carbons (Fsp3) is 0.542. The minimum Gasteiger partial charge on any atom is -0.465 e. The first-order valence-corrected chi connectivity index (χ1v) is 11.4. The molecule has 1 N–H and O–H groups in total. The Hall–Kier alpha value is -2.87. The van der Waals surface area contributed by atoms with E-state index in [1.54, 1.807) is 6.92 Å². The van der Waals surface area contributed by atoms with Crippen molar-refractivity contribution in [2.24, 2.45) is 5.92 Å². The Balaban J connectivity index is 1.34. The van der Waals surface area contributed by atoms with Crippen LogP contribution in [-0.2, 0) is 4.74 Å². The number of methoxy groups -OCH3 is 1. The fourth-order valence-electron chi connectivity index (χ4n) is 4.99. The van der Waals surface area contributed by atoms with Crippen molar-refractivity contribution in [1.82, 2.24) is 19.8 Å². The Morgan fingerprint density at radius 3 is 2.62 bits per heavy atom. The van der Waals surface area contributed by atoms with Crippen molar-refractivity contribution < 1.29 is 14.3 Å². The Kier molecular flexibility index (Phi) is 6.79. The summed E-state index contributed by atoms with van der Waals surface area (Å²) in [7, 11) is 1.36. The number of aromatic nitrogens is 2. The molecule has 0 aromatic carbocycles. The maximum absolute atomic E-state index is 13.3. The highest BCUT2D eigenvalue weighted by atomic mass is 16.5. The molecule has 4 rings (SSSR count). The molecule has 1 unspecified atom stereocenters. The van der Waals surface area contributed by atoms with Gasteiger partial charge >= 0.3 is 5.97 Å². The first-order chi connectivity index (χ1) is 15.5. The topological polar surface area (TPSA) is 81.8 Å². The van der Waals surface area contributed by atoms with Crippen molar-refractivity contribution in [3.8, 4) is 0 Å². The lowest BCUT2D eigenvalue weighted by Gasteiger charge is -2.39. The molecule has 2 aliphatic rings. The lowest BCUT2D eigenvalue weighted by atomic mass is 9.96. The van der Waals surface area contributed by atoms with Gasteiger partial charge in [-0.05, 0) is 50.3 Å². The number of H-pyrrole nitrogens is 1. The number of rotatable bonds is 5. The molecule has 0 bridgehead atoms. The van der Waals surface area contributed by atoms with Crippen LogP contribution in [0.3, 0.4) is 0 Å². The first-order valence-electron chi connectivity index (χ1n) is 11.4. The molecule has 0 spiro atoms. The van der Waals surface area contributed by atoms with Gasteiger partial charge in [0.2, 0.25) is 0 Å². The molecule has 2 aromatic rings. The number of aromatic amines is 1. The van der Waals surface area contributed by atoms with Crippen LogP contribution in [0, 0.1) is 19.8 Å². The molecule has 0 saturated carbocycles. The van der Waals surface area contributed by atoms with E-state index < -0.39 is 5.97 Å². The highest BCUT2D eigenvalue weighted by molar-refractivity contribution is 6.00. The van der Waals surface area contributed by atoms with E-state index in [9.17, 15) is 9.59 Å². The number of piperazine rings is 1. The van der Waals surface area contributed by atoms with Crippen molar-refractivity contribution in [2.45, 2.75) is 26.7 Å². The van der Waals surface area contributed by atoms with Crippen LogP contribution in [-0.4, -0.2) is 84.6 Å². The third-order valence-electron chi connectivity index (χ3n) is 6.71. The van der Waals surface area contributed by atoms with E-state index in [2.05, 4.69) is 25.8 Å². The number of esters is 1. The molecule has 8 nitrogen and oxygen atoms in total. The predicted octanol–water partition coefficient (Wildman–Crippen LogP) is 2.49.